The van der Waals surface area contributed by atoms with Gasteiger partial charge >= 0.3 is 0 Å². The molecule has 2 heterocycles. The first-order chi connectivity index (χ1) is 15.3. The molecule has 0 saturated heterocycles. The van der Waals surface area contributed by atoms with Crippen molar-refractivity contribution in [3.63, 3.8) is 0 Å². The summed E-state index contributed by atoms with van der Waals surface area (Å²) in [6.45, 7) is 0.740. The predicted octanol–water partition coefficient (Wildman–Crippen LogP) is 4.78. The lowest BCUT2D eigenvalue weighted by molar-refractivity contribution is 0.343. The molecule has 0 atom stereocenters. The van der Waals surface area contributed by atoms with Crippen molar-refractivity contribution in [2.45, 2.75) is 6.54 Å². The van der Waals surface area contributed by atoms with Gasteiger partial charge in [-0.15, -0.1) is 0 Å². The Morgan fingerprint density at radius 1 is 0.968 bits per heavy atom. The number of aliphatic hydroxyl groups is 1. The van der Waals surface area contributed by atoms with Crippen molar-refractivity contribution >= 4 is 39.4 Å². The van der Waals surface area contributed by atoms with Crippen molar-refractivity contribution in [3.05, 3.63) is 96.5 Å². The number of aromatic nitrogens is 4. The van der Waals surface area contributed by atoms with E-state index in [0.29, 0.717) is 0 Å². The minimum Gasteiger partial charge on any atom is -0.392 e. The van der Waals surface area contributed by atoms with E-state index in [-0.39, 0.29) is 6.61 Å². The zero-order chi connectivity index (χ0) is 21.0. The van der Waals surface area contributed by atoms with Crippen LogP contribution in [0.5, 0.6) is 0 Å². The van der Waals surface area contributed by atoms with Crippen LogP contribution in [0.15, 0.2) is 85.3 Å². The van der Waals surface area contributed by atoms with Crippen molar-refractivity contribution in [1.82, 2.24) is 19.7 Å². The largest absolute Gasteiger partial charge is 0.392 e. The first kappa shape index (κ1) is 19.0. The molecule has 0 aliphatic heterocycles. The van der Waals surface area contributed by atoms with Crippen LogP contribution in [0.25, 0.3) is 27.9 Å². The van der Waals surface area contributed by atoms with Crippen LogP contribution < -0.4 is 5.32 Å². The lowest BCUT2D eigenvalue weighted by atomic mass is 10.1. The SMILES string of the molecule is OCC=Cc1ccc2ncnc(Nc3ccc4c(cnn4Cc4ccccc4)c3)c2c1. The van der Waals surface area contributed by atoms with E-state index in [2.05, 4.69) is 44.6 Å². The average Bonchev–Trinajstić information content (AvgIpc) is 3.20. The Kier molecular flexibility index (Phi) is 5.12. The Hall–Kier alpha value is -4.03. The Bertz CT molecular complexity index is 1380. The van der Waals surface area contributed by atoms with E-state index in [9.17, 15) is 0 Å². The van der Waals surface area contributed by atoms with Gasteiger partial charge in [0.15, 0.2) is 0 Å². The second-order valence-corrected chi connectivity index (χ2v) is 7.27. The Balaban J connectivity index is 1.45. The fourth-order valence-corrected chi connectivity index (χ4v) is 3.65. The first-order valence-electron chi connectivity index (χ1n) is 10.1. The summed E-state index contributed by atoms with van der Waals surface area (Å²) in [7, 11) is 0. The second-order valence-electron chi connectivity index (χ2n) is 7.27. The molecule has 0 aliphatic carbocycles. The summed E-state index contributed by atoms with van der Waals surface area (Å²) in [5, 5.41) is 19.0. The van der Waals surface area contributed by atoms with Crippen LogP contribution in [0.1, 0.15) is 11.1 Å². The van der Waals surface area contributed by atoms with Gasteiger partial charge in [0.2, 0.25) is 0 Å². The molecule has 0 radical (unpaired) electrons. The molecule has 31 heavy (non-hydrogen) atoms. The van der Waals surface area contributed by atoms with Crippen LogP contribution in [0.3, 0.4) is 0 Å². The van der Waals surface area contributed by atoms with Crippen LogP contribution in [-0.2, 0) is 6.54 Å². The molecule has 0 saturated carbocycles. The molecule has 5 aromatic rings. The van der Waals surface area contributed by atoms with Gasteiger partial charge in [-0.05, 0) is 41.5 Å². The molecular weight excluding hydrogens is 386 g/mol. The van der Waals surface area contributed by atoms with Crippen LogP contribution in [0, 0.1) is 0 Å². The van der Waals surface area contributed by atoms with Gasteiger partial charge in [-0.1, -0.05) is 48.6 Å². The standard InChI is InChI=1S/C25H21N5O/c31-12-4-7-18-8-10-23-22(13-18)25(27-17-26-23)29-21-9-11-24-20(14-21)15-28-30(24)16-19-5-2-1-3-6-19/h1-11,13-15,17,31H,12,16H2,(H,26,27,29). The number of hydrogen-bond donors (Lipinski definition) is 2. The van der Waals surface area contributed by atoms with E-state index in [1.54, 1.807) is 12.4 Å². The zero-order valence-electron chi connectivity index (χ0n) is 16.8. The maximum Gasteiger partial charge on any atom is 0.141 e. The number of nitrogens with zero attached hydrogens (tertiary/aromatic N) is 4. The quantitative estimate of drug-likeness (QED) is 0.424. The predicted molar refractivity (Wildman–Crippen MR) is 124 cm³/mol. The maximum absolute atomic E-state index is 9.03. The number of hydrogen-bond acceptors (Lipinski definition) is 5. The Morgan fingerprint density at radius 3 is 2.74 bits per heavy atom. The molecule has 5 rings (SSSR count). The smallest absolute Gasteiger partial charge is 0.141 e. The molecule has 0 spiro atoms. The fraction of sp³-hybridized carbons (Fsp3) is 0.0800. The van der Waals surface area contributed by atoms with E-state index < -0.39 is 0 Å². The minimum atomic E-state index is 0.00635. The van der Waals surface area contributed by atoms with Crippen LogP contribution >= 0.6 is 0 Å². The highest BCUT2D eigenvalue weighted by atomic mass is 16.2. The molecule has 0 fully saturated rings. The Morgan fingerprint density at radius 2 is 1.87 bits per heavy atom. The van der Waals surface area contributed by atoms with Gasteiger partial charge in [-0.2, -0.15) is 5.10 Å². The topological polar surface area (TPSA) is 75.9 Å². The second kappa shape index (κ2) is 8.38. The van der Waals surface area contributed by atoms with Crippen molar-refractivity contribution in [3.8, 4) is 0 Å². The van der Waals surface area contributed by atoms with E-state index in [1.165, 1.54) is 5.56 Å². The van der Waals surface area contributed by atoms with E-state index in [1.807, 2.05) is 59.4 Å². The lowest BCUT2D eigenvalue weighted by Gasteiger charge is -2.10. The third kappa shape index (κ3) is 4.01. The maximum atomic E-state index is 9.03. The normalized spacial score (nSPS) is 11.5. The summed E-state index contributed by atoms with van der Waals surface area (Å²) in [6, 6.07) is 22.4. The Labute approximate surface area is 179 Å². The van der Waals surface area contributed by atoms with Crippen molar-refractivity contribution in [2.24, 2.45) is 0 Å². The molecule has 0 aliphatic rings. The minimum absolute atomic E-state index is 0.00635. The number of aliphatic hydroxyl groups excluding tert-OH is 1. The number of nitrogens with one attached hydrogen (secondary N) is 1. The molecule has 152 valence electrons. The van der Waals surface area contributed by atoms with Gasteiger partial charge in [0.05, 0.1) is 30.4 Å². The summed E-state index contributed by atoms with van der Waals surface area (Å²) in [5.41, 5.74) is 5.07. The summed E-state index contributed by atoms with van der Waals surface area (Å²) in [4.78, 5) is 8.81. The molecular formula is C25H21N5O. The average molecular weight is 407 g/mol. The molecule has 2 aromatic heterocycles. The van der Waals surface area contributed by atoms with Gasteiger partial charge in [0.1, 0.15) is 12.1 Å². The summed E-state index contributed by atoms with van der Waals surface area (Å²) in [5.74, 6) is 0.736. The zero-order valence-corrected chi connectivity index (χ0v) is 16.8. The highest BCUT2D eigenvalue weighted by Crippen LogP contribution is 2.27. The fourth-order valence-electron chi connectivity index (χ4n) is 3.65. The highest BCUT2D eigenvalue weighted by Gasteiger charge is 2.08. The van der Waals surface area contributed by atoms with E-state index >= 15 is 0 Å². The van der Waals surface area contributed by atoms with E-state index in [4.69, 9.17) is 5.11 Å². The molecule has 0 amide bonds. The van der Waals surface area contributed by atoms with Crippen LogP contribution in [0.4, 0.5) is 11.5 Å². The van der Waals surface area contributed by atoms with Gasteiger partial charge < -0.3 is 10.4 Å². The number of fused-ring (bicyclic) bond motifs is 2. The molecule has 2 N–H and O–H groups in total. The van der Waals surface area contributed by atoms with Crippen molar-refractivity contribution < 1.29 is 5.11 Å². The monoisotopic (exact) mass is 407 g/mol. The third-order valence-electron chi connectivity index (χ3n) is 5.15. The molecule has 0 unspecified atom stereocenters. The van der Waals surface area contributed by atoms with Crippen molar-refractivity contribution in [1.29, 1.82) is 0 Å². The van der Waals surface area contributed by atoms with Crippen LogP contribution in [0.2, 0.25) is 0 Å². The number of benzene rings is 3. The number of anilines is 2. The number of rotatable bonds is 6. The summed E-state index contributed by atoms with van der Waals surface area (Å²) in [6.07, 6.45) is 7.03. The lowest BCUT2D eigenvalue weighted by Crippen LogP contribution is -2.01. The highest BCUT2D eigenvalue weighted by molar-refractivity contribution is 5.93. The summed E-state index contributed by atoms with van der Waals surface area (Å²) >= 11 is 0. The van der Waals surface area contributed by atoms with Gasteiger partial charge in [-0.3, -0.25) is 4.68 Å². The van der Waals surface area contributed by atoms with Crippen LogP contribution in [-0.4, -0.2) is 31.5 Å². The first-order valence-corrected chi connectivity index (χ1v) is 10.1. The van der Waals surface area contributed by atoms with Gasteiger partial charge in [0.25, 0.3) is 0 Å². The van der Waals surface area contributed by atoms with Gasteiger partial charge in [-0.25, -0.2) is 9.97 Å². The molecule has 0 bridgehead atoms. The molecule has 3 aromatic carbocycles. The summed E-state index contributed by atoms with van der Waals surface area (Å²) < 4.78 is 2.01. The van der Waals surface area contributed by atoms with E-state index in [0.717, 1.165) is 45.4 Å². The third-order valence-corrected chi connectivity index (χ3v) is 5.15. The molecule has 6 nitrogen and oxygen atoms in total. The van der Waals surface area contributed by atoms with Crippen molar-refractivity contribution in [2.75, 3.05) is 11.9 Å². The van der Waals surface area contributed by atoms with Gasteiger partial charge in [0, 0.05) is 16.5 Å². The molecule has 6 heteroatoms.